The van der Waals surface area contributed by atoms with Crippen molar-refractivity contribution in [3.63, 3.8) is 0 Å². The number of carbonyl (C=O) groups excluding carboxylic acids is 2. The van der Waals surface area contributed by atoms with Gasteiger partial charge in [-0.2, -0.15) is 4.98 Å². The second-order valence-electron chi connectivity index (χ2n) is 14.4. The van der Waals surface area contributed by atoms with Crippen LogP contribution in [-0.2, 0) is 9.47 Å². The highest BCUT2D eigenvalue weighted by atomic mass is 19.1. The van der Waals surface area contributed by atoms with Gasteiger partial charge in [-0.3, -0.25) is 4.79 Å². The molecular formula is C34H42F2N8O5. The Bertz CT molecular complexity index is 1650. The van der Waals surface area contributed by atoms with Crippen molar-refractivity contribution in [2.45, 2.75) is 88.4 Å². The molecule has 49 heavy (non-hydrogen) atoms. The predicted octanol–water partition coefficient (Wildman–Crippen LogP) is 4.41. The number of alkyl carbamates (subject to hydrolysis) is 1. The van der Waals surface area contributed by atoms with Gasteiger partial charge in [-0.05, 0) is 76.6 Å². The van der Waals surface area contributed by atoms with E-state index in [1.165, 1.54) is 12.4 Å². The van der Waals surface area contributed by atoms with Crippen LogP contribution < -0.4 is 15.1 Å². The van der Waals surface area contributed by atoms with Crippen molar-refractivity contribution in [3.05, 3.63) is 59.2 Å². The molecule has 262 valence electrons. The van der Waals surface area contributed by atoms with Gasteiger partial charge < -0.3 is 34.0 Å². The second kappa shape index (κ2) is 13.5. The zero-order valence-electron chi connectivity index (χ0n) is 28.0. The lowest BCUT2D eigenvalue weighted by atomic mass is 9.94. The first kappa shape index (κ1) is 33.1. The molecule has 7 rings (SSSR count). The van der Waals surface area contributed by atoms with E-state index in [1.807, 2.05) is 4.90 Å². The molecule has 0 spiro atoms. The van der Waals surface area contributed by atoms with Crippen LogP contribution >= 0.6 is 0 Å². The van der Waals surface area contributed by atoms with Crippen molar-refractivity contribution < 1.29 is 32.4 Å². The van der Waals surface area contributed by atoms with Crippen LogP contribution in [0, 0.1) is 11.6 Å². The summed E-state index contributed by atoms with van der Waals surface area (Å²) in [6, 6.07) is 3.44. The van der Waals surface area contributed by atoms with Crippen LogP contribution in [0.2, 0.25) is 0 Å². The number of benzene rings is 1. The average Bonchev–Trinajstić information content (AvgIpc) is 3.43. The fourth-order valence-electron chi connectivity index (χ4n) is 7.01. The minimum absolute atomic E-state index is 0.0572. The molecule has 4 aliphatic rings. The summed E-state index contributed by atoms with van der Waals surface area (Å²) in [6.07, 6.45) is 6.73. The van der Waals surface area contributed by atoms with Crippen LogP contribution in [0.5, 0.6) is 0 Å². The first-order valence-electron chi connectivity index (χ1n) is 17.0. The number of nitrogens with zero attached hydrogens (tertiary/aromatic N) is 7. The molecule has 4 fully saturated rings. The molecule has 0 radical (unpaired) electrons. The summed E-state index contributed by atoms with van der Waals surface area (Å²) in [4.78, 5) is 46.1. The Hall–Kier alpha value is -4.40. The smallest absolute Gasteiger partial charge is 0.407 e. The van der Waals surface area contributed by atoms with Gasteiger partial charge in [-0.25, -0.2) is 23.5 Å². The van der Waals surface area contributed by atoms with Crippen LogP contribution in [0.25, 0.3) is 0 Å². The Kier molecular flexibility index (Phi) is 9.11. The number of nitrogens with one attached hydrogen (secondary N) is 1. The SMILES string of the molecule is CC(C)(C)OC(=O)NC1CN(c2ncc(C(=O)N(C3CC3)C3CCN(c4nc(C5CCOC5)no4)CC3)cn2)CC1c1cc(F)ccc1F. The van der Waals surface area contributed by atoms with E-state index in [4.69, 9.17) is 14.0 Å². The number of rotatable bonds is 8. The molecule has 3 aromatic rings. The molecule has 5 heterocycles. The molecule has 0 bridgehead atoms. The number of ether oxygens (including phenoxy) is 2. The standard InChI is InChI=1S/C34H42F2N8O5/c1-34(2,3)48-33(46)39-28-18-43(17-26(28)25-14-22(35)4-7-27(25)36)31-37-15-21(16-38-31)30(45)44(23-5-6-23)24-8-11-42(12-9-24)32-40-29(41-49-32)20-10-13-47-19-20/h4,7,14-16,20,23-24,26,28H,5-6,8-13,17-19H2,1-3H3,(H,39,46). The molecule has 1 aromatic carbocycles. The van der Waals surface area contributed by atoms with E-state index in [9.17, 15) is 18.4 Å². The Morgan fingerprint density at radius 2 is 1.73 bits per heavy atom. The maximum Gasteiger partial charge on any atom is 0.407 e. The Labute approximate surface area is 283 Å². The summed E-state index contributed by atoms with van der Waals surface area (Å²) in [5.41, 5.74) is -0.208. The molecule has 15 heteroatoms. The molecule has 3 saturated heterocycles. The molecule has 3 unspecified atom stereocenters. The molecule has 13 nitrogen and oxygen atoms in total. The highest BCUT2D eigenvalue weighted by molar-refractivity contribution is 5.94. The maximum atomic E-state index is 14.9. The van der Waals surface area contributed by atoms with E-state index in [1.54, 1.807) is 25.7 Å². The van der Waals surface area contributed by atoms with Crippen molar-refractivity contribution in [3.8, 4) is 0 Å². The van der Waals surface area contributed by atoms with Gasteiger partial charge in [0.25, 0.3) is 5.91 Å². The second-order valence-corrected chi connectivity index (χ2v) is 14.4. The monoisotopic (exact) mass is 680 g/mol. The van der Waals surface area contributed by atoms with Crippen molar-refractivity contribution in [2.24, 2.45) is 0 Å². The third-order valence-corrected chi connectivity index (χ3v) is 9.58. The maximum absolute atomic E-state index is 14.9. The third kappa shape index (κ3) is 7.46. The van der Waals surface area contributed by atoms with Crippen molar-refractivity contribution in [2.75, 3.05) is 49.2 Å². The van der Waals surface area contributed by atoms with Gasteiger partial charge in [0.1, 0.15) is 17.2 Å². The minimum atomic E-state index is -0.734. The number of hydrogen-bond donors (Lipinski definition) is 1. The van der Waals surface area contributed by atoms with Gasteiger partial charge in [0, 0.05) is 69.1 Å². The number of amides is 2. The molecule has 2 amide bonds. The van der Waals surface area contributed by atoms with Crippen LogP contribution in [0.4, 0.5) is 25.5 Å². The quantitative estimate of drug-likeness (QED) is 0.362. The fourth-order valence-corrected chi connectivity index (χ4v) is 7.01. The number of anilines is 2. The van der Waals surface area contributed by atoms with Crippen LogP contribution in [0.3, 0.4) is 0 Å². The zero-order valence-corrected chi connectivity index (χ0v) is 28.0. The lowest BCUT2D eigenvalue weighted by Crippen LogP contribution is -2.48. The largest absolute Gasteiger partial charge is 0.444 e. The Morgan fingerprint density at radius 1 is 1.00 bits per heavy atom. The minimum Gasteiger partial charge on any atom is -0.444 e. The normalized spacial score (nSPS) is 23.2. The lowest BCUT2D eigenvalue weighted by Gasteiger charge is -2.38. The number of hydrogen-bond acceptors (Lipinski definition) is 11. The molecule has 3 atom stereocenters. The van der Waals surface area contributed by atoms with Gasteiger partial charge in [0.15, 0.2) is 5.82 Å². The van der Waals surface area contributed by atoms with E-state index in [2.05, 4.69) is 30.3 Å². The van der Waals surface area contributed by atoms with E-state index < -0.39 is 35.3 Å². The molecule has 3 aliphatic heterocycles. The highest BCUT2D eigenvalue weighted by Crippen LogP contribution is 2.35. The topological polar surface area (TPSA) is 139 Å². The first-order chi connectivity index (χ1) is 23.5. The average molecular weight is 681 g/mol. The first-order valence-corrected chi connectivity index (χ1v) is 17.0. The summed E-state index contributed by atoms with van der Waals surface area (Å²) in [5.74, 6) is -0.674. The fraction of sp³-hybridized carbons (Fsp3) is 0.588. The lowest BCUT2D eigenvalue weighted by molar-refractivity contribution is 0.0503. The number of carbonyl (C=O) groups is 2. The third-order valence-electron chi connectivity index (χ3n) is 9.58. The molecule has 1 saturated carbocycles. The van der Waals surface area contributed by atoms with Gasteiger partial charge in [-0.15, -0.1) is 0 Å². The molecule has 2 aromatic heterocycles. The number of piperidine rings is 1. The van der Waals surface area contributed by atoms with E-state index in [-0.39, 0.29) is 42.6 Å². The Morgan fingerprint density at radius 3 is 2.41 bits per heavy atom. The van der Waals surface area contributed by atoms with Gasteiger partial charge in [-0.1, -0.05) is 5.16 Å². The van der Waals surface area contributed by atoms with Gasteiger partial charge in [0.05, 0.1) is 18.2 Å². The van der Waals surface area contributed by atoms with Crippen LogP contribution in [0.1, 0.15) is 86.5 Å². The van der Waals surface area contributed by atoms with Crippen molar-refractivity contribution in [1.29, 1.82) is 0 Å². The number of aromatic nitrogens is 4. The predicted molar refractivity (Wildman–Crippen MR) is 173 cm³/mol. The number of halogens is 2. The summed E-state index contributed by atoms with van der Waals surface area (Å²) < 4.78 is 45.6. The van der Waals surface area contributed by atoms with E-state index in [0.717, 1.165) is 50.3 Å². The van der Waals surface area contributed by atoms with E-state index >= 15 is 0 Å². The van der Waals surface area contributed by atoms with Crippen LogP contribution in [0.15, 0.2) is 35.1 Å². The summed E-state index contributed by atoms with van der Waals surface area (Å²) in [7, 11) is 0. The van der Waals surface area contributed by atoms with Crippen molar-refractivity contribution >= 4 is 24.0 Å². The van der Waals surface area contributed by atoms with Gasteiger partial charge >= 0.3 is 12.1 Å². The van der Waals surface area contributed by atoms with Gasteiger partial charge in [0.2, 0.25) is 5.95 Å². The zero-order chi connectivity index (χ0) is 34.3. The van der Waals surface area contributed by atoms with E-state index in [0.29, 0.717) is 49.7 Å². The summed E-state index contributed by atoms with van der Waals surface area (Å²) in [6.45, 7) is 8.41. The Balaban J connectivity index is 1.02. The summed E-state index contributed by atoms with van der Waals surface area (Å²) in [5, 5.41) is 7.01. The molecular weight excluding hydrogens is 638 g/mol. The summed E-state index contributed by atoms with van der Waals surface area (Å²) >= 11 is 0. The van der Waals surface area contributed by atoms with Crippen molar-refractivity contribution in [1.82, 2.24) is 30.3 Å². The molecule has 1 aliphatic carbocycles. The highest BCUT2D eigenvalue weighted by Gasteiger charge is 2.41. The van der Waals surface area contributed by atoms with Crippen LogP contribution in [-0.4, -0.2) is 100 Å². The molecule has 1 N–H and O–H groups in total.